The van der Waals surface area contributed by atoms with Crippen LogP contribution < -0.4 is 0 Å². The first kappa shape index (κ1) is 20.5. The highest BCUT2D eigenvalue weighted by molar-refractivity contribution is 5.79. The Balaban J connectivity index is 2.04. The Morgan fingerprint density at radius 1 is 1.00 bits per heavy atom. The van der Waals surface area contributed by atoms with Gasteiger partial charge in [-0.1, -0.05) is 17.3 Å². The molecule has 0 saturated heterocycles. The highest BCUT2D eigenvalue weighted by atomic mass is 19.4. The van der Waals surface area contributed by atoms with Crippen LogP contribution in [0.4, 0.5) is 13.2 Å². The number of benzene rings is 1. The standard InChI is InChI=1S/C20H19F3N4O2/c1-19(2,3)29-16(28)12-27-18(14-4-6-15(7-5-14)20(21,22)23)17(25-26-27)13-8-10-24-11-9-13/h4-11H,12H2,1-3H3. The lowest BCUT2D eigenvalue weighted by molar-refractivity contribution is -0.155. The molecule has 29 heavy (non-hydrogen) atoms. The normalized spacial score (nSPS) is 12.1. The average molecular weight is 404 g/mol. The molecule has 2 heterocycles. The van der Waals surface area contributed by atoms with Crippen molar-refractivity contribution in [2.45, 2.75) is 39.1 Å². The second-order valence-corrected chi connectivity index (χ2v) is 7.34. The number of nitrogens with zero attached hydrogens (tertiary/aromatic N) is 4. The molecule has 0 radical (unpaired) electrons. The minimum atomic E-state index is -4.44. The summed E-state index contributed by atoms with van der Waals surface area (Å²) < 4.78 is 45.4. The summed E-state index contributed by atoms with van der Waals surface area (Å²) in [4.78, 5) is 16.2. The lowest BCUT2D eigenvalue weighted by Gasteiger charge is -2.19. The van der Waals surface area contributed by atoms with Gasteiger partial charge in [0.15, 0.2) is 0 Å². The summed E-state index contributed by atoms with van der Waals surface area (Å²) in [6.45, 7) is 4.99. The molecule has 3 rings (SSSR count). The van der Waals surface area contributed by atoms with Gasteiger partial charge in [0.25, 0.3) is 0 Å². The zero-order valence-corrected chi connectivity index (χ0v) is 16.1. The molecule has 2 aromatic heterocycles. The SMILES string of the molecule is CC(C)(C)OC(=O)Cn1nnc(-c2ccncc2)c1-c1ccc(C(F)(F)F)cc1. The van der Waals surface area contributed by atoms with Crippen LogP contribution in [0, 0.1) is 0 Å². The van der Waals surface area contributed by atoms with E-state index in [4.69, 9.17) is 4.74 Å². The van der Waals surface area contributed by atoms with Gasteiger partial charge >= 0.3 is 12.1 Å². The number of carbonyl (C=O) groups excluding carboxylic acids is 1. The fourth-order valence-corrected chi connectivity index (χ4v) is 2.73. The molecule has 1 aromatic carbocycles. The van der Waals surface area contributed by atoms with Crippen LogP contribution in [-0.2, 0) is 22.3 Å². The zero-order chi connectivity index (χ0) is 21.2. The van der Waals surface area contributed by atoms with Crippen LogP contribution in [0.5, 0.6) is 0 Å². The fourth-order valence-electron chi connectivity index (χ4n) is 2.73. The first-order valence-electron chi connectivity index (χ1n) is 8.78. The van der Waals surface area contributed by atoms with E-state index in [9.17, 15) is 18.0 Å². The van der Waals surface area contributed by atoms with Crippen LogP contribution in [0.15, 0.2) is 48.8 Å². The molecule has 0 aliphatic carbocycles. The van der Waals surface area contributed by atoms with Gasteiger partial charge in [-0.15, -0.1) is 5.10 Å². The summed E-state index contributed by atoms with van der Waals surface area (Å²) in [5, 5.41) is 8.17. The van der Waals surface area contributed by atoms with Gasteiger partial charge in [0.2, 0.25) is 0 Å². The minimum absolute atomic E-state index is 0.230. The van der Waals surface area contributed by atoms with Gasteiger partial charge in [0.05, 0.1) is 11.3 Å². The number of ether oxygens (including phenoxy) is 1. The molecule has 6 nitrogen and oxygen atoms in total. The van der Waals surface area contributed by atoms with Crippen LogP contribution in [0.1, 0.15) is 26.3 Å². The second kappa shape index (κ2) is 7.65. The van der Waals surface area contributed by atoms with Crippen LogP contribution in [0.2, 0.25) is 0 Å². The Morgan fingerprint density at radius 3 is 2.17 bits per heavy atom. The van der Waals surface area contributed by atoms with Crippen LogP contribution in [0.25, 0.3) is 22.5 Å². The molecule has 0 N–H and O–H groups in total. The molecule has 0 spiro atoms. The van der Waals surface area contributed by atoms with Crippen molar-refractivity contribution in [3.8, 4) is 22.5 Å². The van der Waals surface area contributed by atoms with Gasteiger partial charge in [-0.2, -0.15) is 13.2 Å². The number of alkyl halides is 3. The van der Waals surface area contributed by atoms with Crippen molar-refractivity contribution in [1.82, 2.24) is 20.0 Å². The molecule has 0 fully saturated rings. The molecular weight excluding hydrogens is 385 g/mol. The second-order valence-electron chi connectivity index (χ2n) is 7.34. The molecule has 0 bridgehead atoms. The van der Waals surface area contributed by atoms with E-state index in [1.807, 2.05) is 0 Å². The summed E-state index contributed by atoms with van der Waals surface area (Å²) in [7, 11) is 0. The monoisotopic (exact) mass is 404 g/mol. The molecule has 9 heteroatoms. The van der Waals surface area contributed by atoms with Crippen molar-refractivity contribution in [3.63, 3.8) is 0 Å². The predicted molar refractivity (Wildman–Crippen MR) is 99.5 cm³/mol. The maximum Gasteiger partial charge on any atom is 0.416 e. The highest BCUT2D eigenvalue weighted by Crippen LogP contribution is 2.34. The van der Waals surface area contributed by atoms with E-state index in [2.05, 4.69) is 15.3 Å². The lowest BCUT2D eigenvalue weighted by Crippen LogP contribution is -2.27. The van der Waals surface area contributed by atoms with E-state index in [1.165, 1.54) is 16.8 Å². The maximum absolute atomic E-state index is 12.9. The largest absolute Gasteiger partial charge is 0.459 e. The highest BCUT2D eigenvalue weighted by Gasteiger charge is 2.30. The summed E-state index contributed by atoms with van der Waals surface area (Å²) in [6.07, 6.45) is -1.31. The molecule has 0 aliphatic heterocycles. The van der Waals surface area contributed by atoms with Crippen molar-refractivity contribution < 1.29 is 22.7 Å². The van der Waals surface area contributed by atoms with Crippen LogP contribution in [0.3, 0.4) is 0 Å². The minimum Gasteiger partial charge on any atom is -0.459 e. The van der Waals surface area contributed by atoms with E-state index in [0.29, 0.717) is 22.5 Å². The molecule has 0 amide bonds. The number of pyridine rings is 1. The Morgan fingerprint density at radius 2 is 1.62 bits per heavy atom. The number of rotatable bonds is 4. The van der Waals surface area contributed by atoms with Gasteiger partial charge in [-0.25, -0.2) is 4.68 Å². The zero-order valence-electron chi connectivity index (χ0n) is 16.1. The summed E-state index contributed by atoms with van der Waals surface area (Å²) >= 11 is 0. The number of hydrogen-bond acceptors (Lipinski definition) is 5. The number of halogens is 3. The topological polar surface area (TPSA) is 69.9 Å². The number of hydrogen-bond donors (Lipinski definition) is 0. The molecule has 3 aromatic rings. The quantitative estimate of drug-likeness (QED) is 0.604. The first-order valence-corrected chi connectivity index (χ1v) is 8.78. The van der Waals surface area contributed by atoms with E-state index in [1.54, 1.807) is 45.3 Å². The van der Waals surface area contributed by atoms with Gasteiger partial charge < -0.3 is 4.74 Å². The summed E-state index contributed by atoms with van der Waals surface area (Å²) in [5.41, 5.74) is 0.508. The smallest absolute Gasteiger partial charge is 0.416 e. The van der Waals surface area contributed by atoms with Crippen molar-refractivity contribution in [3.05, 3.63) is 54.4 Å². The number of aromatic nitrogens is 4. The third-order valence-electron chi connectivity index (χ3n) is 3.87. The molecule has 152 valence electrons. The molecule has 0 atom stereocenters. The molecular formula is C20H19F3N4O2. The lowest BCUT2D eigenvalue weighted by atomic mass is 10.0. The van der Waals surface area contributed by atoms with Crippen molar-refractivity contribution >= 4 is 5.97 Å². The first-order chi connectivity index (χ1) is 13.5. The average Bonchev–Trinajstić information content (AvgIpc) is 3.03. The van der Waals surface area contributed by atoms with Gasteiger partial charge in [-0.05, 0) is 45.0 Å². The molecule has 0 unspecified atom stereocenters. The van der Waals surface area contributed by atoms with Gasteiger partial charge in [0.1, 0.15) is 17.8 Å². The Kier molecular flexibility index (Phi) is 5.41. The Bertz CT molecular complexity index is 991. The van der Waals surface area contributed by atoms with E-state index in [0.717, 1.165) is 12.1 Å². The number of esters is 1. The predicted octanol–water partition coefficient (Wildman–Crippen LogP) is 4.37. The van der Waals surface area contributed by atoms with Crippen LogP contribution in [-0.4, -0.2) is 31.5 Å². The van der Waals surface area contributed by atoms with Crippen molar-refractivity contribution in [1.29, 1.82) is 0 Å². The summed E-state index contributed by atoms with van der Waals surface area (Å²) in [5.74, 6) is -0.531. The summed E-state index contributed by atoms with van der Waals surface area (Å²) in [6, 6.07) is 8.04. The van der Waals surface area contributed by atoms with Gasteiger partial charge in [-0.3, -0.25) is 9.78 Å². The van der Waals surface area contributed by atoms with E-state index >= 15 is 0 Å². The molecule has 0 saturated carbocycles. The van der Waals surface area contributed by atoms with Gasteiger partial charge in [0, 0.05) is 23.5 Å². The van der Waals surface area contributed by atoms with Crippen molar-refractivity contribution in [2.75, 3.05) is 0 Å². The third kappa shape index (κ3) is 4.98. The number of carbonyl (C=O) groups is 1. The third-order valence-corrected chi connectivity index (χ3v) is 3.87. The van der Waals surface area contributed by atoms with E-state index < -0.39 is 23.3 Å². The Hall–Kier alpha value is -3.23. The van der Waals surface area contributed by atoms with Crippen LogP contribution >= 0.6 is 0 Å². The maximum atomic E-state index is 12.9. The molecule has 0 aliphatic rings. The van der Waals surface area contributed by atoms with Crippen molar-refractivity contribution in [2.24, 2.45) is 0 Å². The fraction of sp³-hybridized carbons (Fsp3) is 0.300. The van der Waals surface area contributed by atoms with E-state index in [-0.39, 0.29) is 6.54 Å². The Labute approximate surface area is 165 Å².